The van der Waals surface area contributed by atoms with E-state index >= 15 is 0 Å². The number of thioether (sulfide) groups is 1. The fraction of sp³-hybridized carbons (Fsp3) is 0.167. The van der Waals surface area contributed by atoms with E-state index in [1.165, 1.54) is 36.0 Å². The number of hydrogen-bond donors (Lipinski definition) is 3. The summed E-state index contributed by atoms with van der Waals surface area (Å²) in [6.45, 7) is 1.95. The second kappa shape index (κ2) is 11.1. The molecule has 172 valence electrons. The number of amides is 2. The summed E-state index contributed by atoms with van der Waals surface area (Å²) in [6, 6.07) is 22.4. The van der Waals surface area contributed by atoms with E-state index in [1.807, 2.05) is 61.5 Å². The zero-order valence-electron chi connectivity index (χ0n) is 18.0. The zero-order valence-corrected chi connectivity index (χ0v) is 19.7. The molecule has 2 amide bonds. The van der Waals surface area contributed by atoms with E-state index in [1.54, 1.807) is 0 Å². The van der Waals surface area contributed by atoms with Gasteiger partial charge in [0.2, 0.25) is 21.8 Å². The molecule has 0 aliphatic heterocycles. The van der Waals surface area contributed by atoms with Crippen LogP contribution in [0.3, 0.4) is 0 Å². The maximum Gasteiger partial charge on any atom is 0.242 e. The second-order valence-electron chi connectivity index (χ2n) is 7.29. The monoisotopic (exact) mass is 483 g/mol. The van der Waals surface area contributed by atoms with Crippen LogP contribution in [0.4, 0.5) is 11.4 Å². The van der Waals surface area contributed by atoms with Crippen molar-refractivity contribution >= 4 is 45.0 Å². The van der Waals surface area contributed by atoms with Gasteiger partial charge in [0.25, 0.3) is 0 Å². The van der Waals surface area contributed by atoms with E-state index in [4.69, 9.17) is 5.14 Å². The maximum absolute atomic E-state index is 13.2. The van der Waals surface area contributed by atoms with Crippen molar-refractivity contribution in [1.82, 2.24) is 0 Å². The van der Waals surface area contributed by atoms with Gasteiger partial charge >= 0.3 is 0 Å². The molecule has 0 radical (unpaired) electrons. The highest BCUT2D eigenvalue weighted by Crippen LogP contribution is 2.36. The summed E-state index contributed by atoms with van der Waals surface area (Å²) in [5.41, 5.74) is 1.98. The minimum Gasteiger partial charge on any atom is -0.326 e. The summed E-state index contributed by atoms with van der Waals surface area (Å²) in [4.78, 5) is 25.8. The number of hydrogen-bond acceptors (Lipinski definition) is 5. The molecule has 7 nitrogen and oxygen atoms in total. The lowest BCUT2D eigenvalue weighted by atomic mass is 10.1. The van der Waals surface area contributed by atoms with Gasteiger partial charge in [-0.25, -0.2) is 13.6 Å². The number of anilines is 2. The average molecular weight is 484 g/mol. The predicted octanol–water partition coefficient (Wildman–Crippen LogP) is 4.54. The van der Waals surface area contributed by atoms with Crippen LogP contribution in [0.2, 0.25) is 0 Å². The van der Waals surface area contributed by atoms with Crippen molar-refractivity contribution in [1.29, 1.82) is 0 Å². The largest absolute Gasteiger partial charge is 0.326 e. The smallest absolute Gasteiger partial charge is 0.242 e. The van der Waals surface area contributed by atoms with Crippen molar-refractivity contribution < 1.29 is 18.0 Å². The lowest BCUT2D eigenvalue weighted by Gasteiger charge is -2.17. The Bertz CT molecular complexity index is 1200. The van der Waals surface area contributed by atoms with E-state index in [2.05, 4.69) is 10.6 Å². The number of benzene rings is 3. The molecule has 0 spiro atoms. The molecule has 0 aromatic heterocycles. The first kappa shape index (κ1) is 24.5. The van der Waals surface area contributed by atoms with Crippen LogP contribution in [0, 0.1) is 0 Å². The van der Waals surface area contributed by atoms with Crippen LogP contribution in [-0.4, -0.2) is 20.2 Å². The van der Waals surface area contributed by atoms with Crippen LogP contribution in [0.1, 0.15) is 30.6 Å². The number of nitrogens with two attached hydrogens (primary N) is 1. The first-order chi connectivity index (χ1) is 15.8. The van der Waals surface area contributed by atoms with Gasteiger partial charge in [0, 0.05) is 22.7 Å². The summed E-state index contributed by atoms with van der Waals surface area (Å²) in [7, 11) is -3.81. The molecule has 3 aromatic carbocycles. The molecule has 1 atom stereocenters. The quantitative estimate of drug-likeness (QED) is 0.386. The van der Waals surface area contributed by atoms with Crippen molar-refractivity contribution in [3.8, 4) is 0 Å². The number of primary sulfonamides is 1. The van der Waals surface area contributed by atoms with Crippen LogP contribution in [-0.2, 0) is 19.6 Å². The third kappa shape index (κ3) is 7.18. The molecule has 0 aliphatic rings. The van der Waals surface area contributed by atoms with E-state index in [0.29, 0.717) is 17.8 Å². The topological polar surface area (TPSA) is 118 Å². The van der Waals surface area contributed by atoms with Gasteiger partial charge in [-0.05, 0) is 60.5 Å². The van der Waals surface area contributed by atoms with Crippen LogP contribution in [0.15, 0.2) is 88.7 Å². The Kier molecular flexibility index (Phi) is 8.26. The van der Waals surface area contributed by atoms with Crippen LogP contribution >= 0.6 is 11.8 Å². The molecule has 0 aliphatic carbocycles. The molecule has 9 heteroatoms. The lowest BCUT2D eigenvalue weighted by Crippen LogP contribution is -2.19. The van der Waals surface area contributed by atoms with Crippen molar-refractivity contribution in [2.24, 2.45) is 5.14 Å². The highest BCUT2D eigenvalue weighted by Gasteiger charge is 2.22. The Hall–Kier alpha value is -3.14. The van der Waals surface area contributed by atoms with Gasteiger partial charge in [0.05, 0.1) is 4.90 Å². The predicted molar refractivity (Wildman–Crippen MR) is 131 cm³/mol. The fourth-order valence-electron chi connectivity index (χ4n) is 3.04. The van der Waals surface area contributed by atoms with Crippen molar-refractivity contribution in [3.05, 3.63) is 84.4 Å². The number of sulfonamides is 1. The normalized spacial score (nSPS) is 12.1. The van der Waals surface area contributed by atoms with Crippen LogP contribution in [0.25, 0.3) is 0 Å². The standard InChI is InChI=1S/C24H25N3O4S2/c1-2-6-22(28)26-18-9-13-20(14-10-18)32-23(17-7-4-3-5-8-17)24(29)27-19-11-15-21(16-12-19)33(25,30)31/h3-5,7-16,23H,2,6H2,1H3,(H,26,28)(H,27,29)(H2,25,30,31). The Morgan fingerprint density at radius 1 is 0.879 bits per heavy atom. The van der Waals surface area contributed by atoms with Crippen molar-refractivity contribution in [3.63, 3.8) is 0 Å². The molecule has 1 unspecified atom stereocenters. The Balaban J connectivity index is 1.76. The first-order valence-electron chi connectivity index (χ1n) is 10.3. The molecule has 0 saturated heterocycles. The van der Waals surface area contributed by atoms with E-state index in [0.717, 1.165) is 16.9 Å². The van der Waals surface area contributed by atoms with Gasteiger partial charge in [0.1, 0.15) is 5.25 Å². The molecule has 0 saturated carbocycles. The minimum atomic E-state index is -3.81. The molecule has 3 aromatic rings. The van der Waals surface area contributed by atoms with Gasteiger partial charge in [-0.3, -0.25) is 9.59 Å². The number of nitrogens with one attached hydrogen (secondary N) is 2. The van der Waals surface area contributed by atoms with Gasteiger partial charge in [-0.2, -0.15) is 0 Å². The van der Waals surface area contributed by atoms with E-state index < -0.39 is 15.3 Å². The molecule has 3 rings (SSSR count). The summed E-state index contributed by atoms with van der Waals surface area (Å²) in [5, 5.41) is 10.3. The Morgan fingerprint density at radius 3 is 2.03 bits per heavy atom. The molecule has 0 heterocycles. The van der Waals surface area contributed by atoms with E-state index in [9.17, 15) is 18.0 Å². The molecule has 0 fully saturated rings. The third-order valence-electron chi connectivity index (χ3n) is 4.66. The summed E-state index contributed by atoms with van der Waals surface area (Å²) in [5.74, 6) is -0.289. The summed E-state index contributed by atoms with van der Waals surface area (Å²) < 4.78 is 22.9. The molecule has 4 N–H and O–H groups in total. The van der Waals surface area contributed by atoms with Gasteiger partial charge in [-0.15, -0.1) is 11.8 Å². The van der Waals surface area contributed by atoms with Gasteiger partial charge in [0.15, 0.2) is 0 Å². The SMILES string of the molecule is CCCC(=O)Nc1ccc(SC(C(=O)Nc2ccc(S(N)(=O)=O)cc2)c2ccccc2)cc1. The maximum atomic E-state index is 13.2. The average Bonchev–Trinajstić information content (AvgIpc) is 2.79. The van der Waals surface area contributed by atoms with E-state index in [-0.39, 0.29) is 16.7 Å². The lowest BCUT2D eigenvalue weighted by molar-refractivity contribution is -0.116. The first-order valence-corrected chi connectivity index (χ1v) is 12.7. The number of carbonyl (C=O) groups is 2. The van der Waals surface area contributed by atoms with Gasteiger partial charge in [-0.1, -0.05) is 37.3 Å². The van der Waals surface area contributed by atoms with Crippen molar-refractivity contribution in [2.75, 3.05) is 10.6 Å². The summed E-state index contributed by atoms with van der Waals surface area (Å²) in [6.07, 6.45) is 1.24. The molecular weight excluding hydrogens is 458 g/mol. The zero-order chi connectivity index (χ0) is 23.8. The highest BCUT2D eigenvalue weighted by atomic mass is 32.2. The molecule has 33 heavy (non-hydrogen) atoms. The molecular formula is C24H25N3O4S2. The van der Waals surface area contributed by atoms with Crippen LogP contribution < -0.4 is 15.8 Å². The fourth-order valence-corrected chi connectivity index (χ4v) is 4.58. The van der Waals surface area contributed by atoms with Crippen LogP contribution in [0.5, 0.6) is 0 Å². The Labute approximate surface area is 197 Å². The second-order valence-corrected chi connectivity index (χ2v) is 10.0. The molecule has 0 bridgehead atoms. The highest BCUT2D eigenvalue weighted by molar-refractivity contribution is 8.00. The summed E-state index contributed by atoms with van der Waals surface area (Å²) >= 11 is 1.37. The van der Waals surface area contributed by atoms with Gasteiger partial charge < -0.3 is 10.6 Å². The minimum absolute atomic E-state index is 0.0272. The number of rotatable bonds is 9. The number of carbonyl (C=O) groups excluding carboxylic acids is 2. The third-order valence-corrected chi connectivity index (χ3v) is 6.86. The van der Waals surface area contributed by atoms with Crippen molar-refractivity contribution in [2.45, 2.75) is 34.8 Å². The Morgan fingerprint density at radius 2 is 1.45 bits per heavy atom.